The zero-order chi connectivity index (χ0) is 12.1. The van der Waals surface area contributed by atoms with Crippen molar-refractivity contribution in [3.63, 3.8) is 0 Å². The average Bonchev–Trinajstić information content (AvgIpc) is 2.23. The fourth-order valence-electron chi connectivity index (χ4n) is 0.944. The van der Waals surface area contributed by atoms with Crippen molar-refractivity contribution in [2.75, 3.05) is 12.4 Å². The zero-order valence-corrected chi connectivity index (χ0v) is 10.4. The lowest BCUT2D eigenvalue weighted by Gasteiger charge is -2.02. The van der Waals surface area contributed by atoms with Crippen molar-refractivity contribution in [1.82, 2.24) is 9.97 Å². The Kier molecular flexibility index (Phi) is 4.82. The summed E-state index contributed by atoms with van der Waals surface area (Å²) in [6.45, 7) is 3.70. The fraction of sp³-hybridized carbons (Fsp3) is 0.444. The van der Waals surface area contributed by atoms with E-state index in [1.165, 1.54) is 0 Å². The number of aromatic amines is 1. The Hall–Kier alpha value is -1.01. The molecule has 1 heterocycles. The molecule has 0 fully saturated rings. The predicted molar refractivity (Wildman–Crippen MR) is 62.0 cm³/mol. The Morgan fingerprint density at radius 1 is 1.62 bits per heavy atom. The first-order valence-corrected chi connectivity index (χ1v) is 5.95. The number of hydrogen-bond donors (Lipinski definition) is 1. The number of aromatic nitrogens is 2. The monoisotopic (exact) mass is 262 g/mol. The van der Waals surface area contributed by atoms with Crippen LogP contribution in [0.25, 0.3) is 0 Å². The number of H-pyrrole nitrogens is 1. The van der Waals surface area contributed by atoms with E-state index < -0.39 is 5.56 Å². The second kappa shape index (κ2) is 5.91. The molecule has 0 unspecified atom stereocenters. The van der Waals surface area contributed by atoms with Gasteiger partial charge in [-0.15, -0.1) is 0 Å². The number of esters is 1. The molecule has 1 aromatic heterocycles. The highest BCUT2D eigenvalue weighted by Crippen LogP contribution is 2.14. The SMILES string of the molecule is CCOC(=O)CSc1nc(C)c(Cl)c(=O)[nH]1. The molecule has 0 radical (unpaired) electrons. The number of nitrogens with one attached hydrogen (secondary N) is 1. The van der Waals surface area contributed by atoms with Gasteiger partial charge >= 0.3 is 5.97 Å². The maximum atomic E-state index is 11.3. The Balaban J connectivity index is 2.69. The predicted octanol–water partition coefficient (Wildman–Crippen LogP) is 1.39. The molecule has 0 saturated carbocycles. The third-order valence-corrected chi connectivity index (χ3v) is 2.93. The third kappa shape index (κ3) is 3.53. The van der Waals surface area contributed by atoms with E-state index in [-0.39, 0.29) is 16.7 Å². The van der Waals surface area contributed by atoms with Gasteiger partial charge in [-0.05, 0) is 13.8 Å². The summed E-state index contributed by atoms with van der Waals surface area (Å²) in [5.74, 6) is -0.236. The van der Waals surface area contributed by atoms with Crippen molar-refractivity contribution in [3.8, 4) is 0 Å². The van der Waals surface area contributed by atoms with Crippen molar-refractivity contribution in [1.29, 1.82) is 0 Å². The van der Waals surface area contributed by atoms with Crippen molar-refractivity contribution >= 4 is 29.3 Å². The number of nitrogens with zero attached hydrogens (tertiary/aromatic N) is 1. The molecule has 1 rings (SSSR count). The molecule has 0 spiro atoms. The Morgan fingerprint density at radius 2 is 2.31 bits per heavy atom. The van der Waals surface area contributed by atoms with Gasteiger partial charge in [0.1, 0.15) is 5.02 Å². The summed E-state index contributed by atoms with van der Waals surface area (Å²) in [6, 6.07) is 0. The van der Waals surface area contributed by atoms with Crippen LogP contribution in [0, 0.1) is 6.92 Å². The molecule has 0 aliphatic carbocycles. The van der Waals surface area contributed by atoms with Crippen LogP contribution in [0.15, 0.2) is 9.95 Å². The number of aryl methyl sites for hydroxylation is 1. The normalized spacial score (nSPS) is 10.2. The summed E-state index contributed by atoms with van der Waals surface area (Å²) < 4.78 is 4.74. The number of ether oxygens (including phenoxy) is 1. The minimum Gasteiger partial charge on any atom is -0.465 e. The highest BCUT2D eigenvalue weighted by molar-refractivity contribution is 7.99. The molecule has 0 bridgehead atoms. The minimum atomic E-state index is -0.402. The van der Waals surface area contributed by atoms with Crippen molar-refractivity contribution in [2.45, 2.75) is 19.0 Å². The Labute approximate surface area is 102 Å². The van der Waals surface area contributed by atoms with Crippen LogP contribution >= 0.6 is 23.4 Å². The summed E-state index contributed by atoms with van der Waals surface area (Å²) in [4.78, 5) is 28.8. The maximum Gasteiger partial charge on any atom is 0.316 e. The third-order valence-electron chi connectivity index (χ3n) is 1.64. The highest BCUT2D eigenvalue weighted by Gasteiger charge is 2.08. The van der Waals surface area contributed by atoms with E-state index >= 15 is 0 Å². The standard InChI is InChI=1S/C9H11ClN2O3S/c1-3-15-6(13)4-16-9-11-5(2)7(10)8(14)12-9/h3-4H2,1-2H3,(H,11,12,14). The van der Waals surface area contributed by atoms with Gasteiger partial charge in [0.15, 0.2) is 5.16 Å². The minimum absolute atomic E-state index is 0.0699. The van der Waals surface area contributed by atoms with Gasteiger partial charge in [-0.2, -0.15) is 0 Å². The number of carbonyl (C=O) groups excluding carboxylic acids is 1. The number of halogens is 1. The second-order valence-electron chi connectivity index (χ2n) is 2.86. The Morgan fingerprint density at radius 3 is 2.88 bits per heavy atom. The summed E-state index contributed by atoms with van der Waals surface area (Å²) in [7, 11) is 0. The molecule has 88 valence electrons. The van der Waals surface area contributed by atoms with Crippen LogP contribution in [0.5, 0.6) is 0 Å². The lowest BCUT2D eigenvalue weighted by molar-refractivity contribution is -0.139. The van der Waals surface area contributed by atoms with Gasteiger partial charge in [0.05, 0.1) is 18.1 Å². The highest BCUT2D eigenvalue weighted by atomic mass is 35.5. The van der Waals surface area contributed by atoms with Crippen LogP contribution in [0.2, 0.25) is 5.02 Å². The first kappa shape index (κ1) is 13.1. The summed E-state index contributed by atoms with van der Waals surface area (Å²) >= 11 is 6.76. The molecule has 1 aromatic rings. The molecule has 0 saturated heterocycles. The summed E-state index contributed by atoms with van der Waals surface area (Å²) in [5.41, 5.74) is 0.0392. The maximum absolute atomic E-state index is 11.3. The topological polar surface area (TPSA) is 72.0 Å². The molecular weight excluding hydrogens is 252 g/mol. The van der Waals surface area contributed by atoms with E-state index in [1.54, 1.807) is 13.8 Å². The molecule has 0 aromatic carbocycles. The van der Waals surface area contributed by atoms with E-state index in [0.29, 0.717) is 17.5 Å². The van der Waals surface area contributed by atoms with Crippen molar-refractivity contribution in [3.05, 3.63) is 21.1 Å². The number of hydrogen-bond acceptors (Lipinski definition) is 5. The molecule has 0 amide bonds. The smallest absolute Gasteiger partial charge is 0.316 e. The molecular formula is C9H11ClN2O3S. The number of thioether (sulfide) groups is 1. The van der Waals surface area contributed by atoms with Crippen LogP contribution in [0.3, 0.4) is 0 Å². The van der Waals surface area contributed by atoms with E-state index in [1.807, 2.05) is 0 Å². The molecule has 5 nitrogen and oxygen atoms in total. The quantitative estimate of drug-likeness (QED) is 0.504. The first-order valence-electron chi connectivity index (χ1n) is 4.59. The van der Waals surface area contributed by atoms with Crippen molar-refractivity contribution in [2.24, 2.45) is 0 Å². The van der Waals surface area contributed by atoms with Crippen LogP contribution in [0.4, 0.5) is 0 Å². The molecule has 0 aliphatic rings. The van der Waals surface area contributed by atoms with Gasteiger partial charge in [0.2, 0.25) is 0 Å². The average molecular weight is 263 g/mol. The van der Waals surface area contributed by atoms with Crippen molar-refractivity contribution < 1.29 is 9.53 Å². The van der Waals surface area contributed by atoms with Gasteiger partial charge in [0.25, 0.3) is 5.56 Å². The number of carbonyl (C=O) groups is 1. The van der Waals surface area contributed by atoms with Gasteiger partial charge in [-0.1, -0.05) is 23.4 Å². The van der Waals surface area contributed by atoms with E-state index in [2.05, 4.69) is 9.97 Å². The van der Waals surface area contributed by atoms with Gasteiger partial charge in [-0.3, -0.25) is 9.59 Å². The van der Waals surface area contributed by atoms with Crippen LogP contribution in [0.1, 0.15) is 12.6 Å². The lowest BCUT2D eigenvalue weighted by atomic mass is 10.4. The molecule has 0 aliphatic heterocycles. The lowest BCUT2D eigenvalue weighted by Crippen LogP contribution is -2.13. The molecule has 7 heteroatoms. The van der Waals surface area contributed by atoms with E-state index in [0.717, 1.165) is 11.8 Å². The molecule has 1 N–H and O–H groups in total. The van der Waals surface area contributed by atoms with Crippen LogP contribution in [-0.2, 0) is 9.53 Å². The van der Waals surface area contributed by atoms with Crippen LogP contribution in [-0.4, -0.2) is 28.3 Å². The Bertz CT molecular complexity index is 447. The molecule has 16 heavy (non-hydrogen) atoms. The van der Waals surface area contributed by atoms with Gasteiger partial charge < -0.3 is 9.72 Å². The summed E-state index contributed by atoms with van der Waals surface area (Å²) in [5, 5.41) is 0.431. The van der Waals surface area contributed by atoms with Crippen LogP contribution < -0.4 is 5.56 Å². The first-order chi connectivity index (χ1) is 7.54. The fourth-order valence-corrected chi connectivity index (χ4v) is 1.74. The van der Waals surface area contributed by atoms with Gasteiger partial charge in [0, 0.05) is 0 Å². The second-order valence-corrected chi connectivity index (χ2v) is 4.21. The van der Waals surface area contributed by atoms with E-state index in [9.17, 15) is 9.59 Å². The zero-order valence-electron chi connectivity index (χ0n) is 8.87. The largest absolute Gasteiger partial charge is 0.465 e. The van der Waals surface area contributed by atoms with Gasteiger partial charge in [-0.25, -0.2) is 4.98 Å². The summed E-state index contributed by atoms with van der Waals surface area (Å²) in [6.07, 6.45) is 0. The van der Waals surface area contributed by atoms with E-state index in [4.69, 9.17) is 16.3 Å². The molecule has 0 atom stereocenters. The number of rotatable bonds is 4.